The number of piperidine rings is 1. The molecule has 2 heterocycles. The van der Waals surface area contributed by atoms with Crippen molar-refractivity contribution in [2.75, 3.05) is 18.8 Å². The molecule has 1 fully saturated rings. The van der Waals surface area contributed by atoms with Gasteiger partial charge in [0.15, 0.2) is 0 Å². The van der Waals surface area contributed by atoms with Gasteiger partial charge in [0.05, 0.1) is 6.04 Å². The monoisotopic (exact) mass is 262 g/mol. The van der Waals surface area contributed by atoms with Crippen molar-refractivity contribution in [1.29, 1.82) is 0 Å². The largest absolute Gasteiger partial charge is 0.355 e. The lowest BCUT2D eigenvalue weighted by Crippen LogP contribution is -2.49. The minimum Gasteiger partial charge on any atom is -0.355 e. The van der Waals surface area contributed by atoms with Crippen molar-refractivity contribution in [3.05, 3.63) is 29.8 Å². The van der Waals surface area contributed by atoms with E-state index in [-0.39, 0.29) is 11.9 Å². The highest BCUT2D eigenvalue weighted by Gasteiger charge is 2.26. The van der Waals surface area contributed by atoms with Gasteiger partial charge >= 0.3 is 0 Å². The Bertz CT molecular complexity index is 449. The van der Waals surface area contributed by atoms with Gasteiger partial charge in [0.25, 0.3) is 0 Å². The minimum absolute atomic E-state index is 0.0107. The molecular weight excluding hydrogens is 244 g/mol. The van der Waals surface area contributed by atoms with E-state index in [1.807, 2.05) is 11.8 Å². The van der Waals surface area contributed by atoms with Crippen LogP contribution in [0.3, 0.4) is 0 Å². The van der Waals surface area contributed by atoms with Gasteiger partial charge in [0.2, 0.25) is 5.91 Å². The number of benzene rings is 1. The molecule has 0 aromatic heterocycles. The molecule has 2 unspecified atom stereocenters. The van der Waals surface area contributed by atoms with Crippen LogP contribution in [0.5, 0.6) is 0 Å². The summed E-state index contributed by atoms with van der Waals surface area (Å²) in [5.41, 5.74) is 1.44. The third-order valence-electron chi connectivity index (χ3n) is 3.69. The summed E-state index contributed by atoms with van der Waals surface area (Å²) in [6.07, 6.45) is 2.05. The van der Waals surface area contributed by atoms with Crippen LogP contribution in [-0.4, -0.2) is 30.8 Å². The van der Waals surface area contributed by atoms with Crippen LogP contribution in [0, 0.1) is 0 Å². The van der Waals surface area contributed by atoms with Gasteiger partial charge in [-0.1, -0.05) is 18.2 Å². The second-order valence-corrected chi connectivity index (χ2v) is 6.00. The third-order valence-corrected chi connectivity index (χ3v) is 4.95. The molecule has 3 nitrogen and oxygen atoms in total. The number of fused-ring (bicyclic) bond motifs is 1. The van der Waals surface area contributed by atoms with Crippen LogP contribution in [0.4, 0.5) is 0 Å². The molecule has 2 atom stereocenters. The fourth-order valence-electron chi connectivity index (χ4n) is 2.65. The Morgan fingerprint density at radius 1 is 1.39 bits per heavy atom. The van der Waals surface area contributed by atoms with Gasteiger partial charge in [-0.25, -0.2) is 0 Å². The fourth-order valence-corrected chi connectivity index (χ4v) is 3.90. The van der Waals surface area contributed by atoms with E-state index in [0.29, 0.717) is 5.92 Å². The maximum atomic E-state index is 11.7. The van der Waals surface area contributed by atoms with E-state index in [1.165, 1.54) is 10.5 Å². The zero-order chi connectivity index (χ0) is 12.4. The number of hydrogen-bond acceptors (Lipinski definition) is 3. The standard InChI is InChI=1S/C14H18N2OS/c17-14-12(5-3-7-15-14)16-8-10-9-18-13-6-2-1-4-11(10)13/h1-2,4,6,10,12,16H,3,5,7-9H2,(H,15,17). The molecule has 4 heteroatoms. The van der Waals surface area contributed by atoms with Crippen LogP contribution in [0.2, 0.25) is 0 Å². The van der Waals surface area contributed by atoms with Crippen LogP contribution < -0.4 is 10.6 Å². The molecule has 0 spiro atoms. The normalized spacial score (nSPS) is 26.8. The quantitative estimate of drug-likeness (QED) is 0.872. The first-order chi connectivity index (χ1) is 8.84. The Morgan fingerprint density at radius 3 is 3.17 bits per heavy atom. The number of carbonyl (C=O) groups excluding carboxylic acids is 1. The topological polar surface area (TPSA) is 41.1 Å². The Kier molecular flexibility index (Phi) is 3.57. The molecular formula is C14H18N2OS. The second-order valence-electron chi connectivity index (χ2n) is 4.94. The number of hydrogen-bond donors (Lipinski definition) is 2. The van der Waals surface area contributed by atoms with Crippen molar-refractivity contribution in [3.63, 3.8) is 0 Å². The van der Waals surface area contributed by atoms with Gasteiger partial charge < -0.3 is 10.6 Å². The molecule has 2 N–H and O–H groups in total. The van der Waals surface area contributed by atoms with E-state index >= 15 is 0 Å². The molecule has 1 aromatic rings. The number of carbonyl (C=O) groups is 1. The smallest absolute Gasteiger partial charge is 0.237 e. The summed E-state index contributed by atoms with van der Waals surface area (Å²) in [4.78, 5) is 13.1. The van der Waals surface area contributed by atoms with Gasteiger partial charge in [-0.2, -0.15) is 0 Å². The van der Waals surface area contributed by atoms with Crippen LogP contribution in [-0.2, 0) is 4.79 Å². The molecule has 96 valence electrons. The molecule has 2 aliphatic rings. The summed E-state index contributed by atoms with van der Waals surface area (Å²) in [5.74, 6) is 1.84. The van der Waals surface area contributed by atoms with Crippen molar-refractivity contribution in [2.45, 2.75) is 29.7 Å². The summed E-state index contributed by atoms with van der Waals surface area (Å²) in [6.45, 7) is 1.74. The molecule has 3 rings (SSSR count). The first-order valence-electron chi connectivity index (χ1n) is 6.57. The summed E-state index contributed by atoms with van der Waals surface area (Å²) < 4.78 is 0. The van der Waals surface area contributed by atoms with Gasteiger partial charge in [-0.15, -0.1) is 11.8 Å². The lowest BCUT2D eigenvalue weighted by Gasteiger charge is -2.24. The van der Waals surface area contributed by atoms with Crippen molar-refractivity contribution in [2.24, 2.45) is 0 Å². The molecule has 18 heavy (non-hydrogen) atoms. The second kappa shape index (κ2) is 5.33. The zero-order valence-electron chi connectivity index (χ0n) is 10.3. The zero-order valence-corrected chi connectivity index (χ0v) is 11.1. The highest BCUT2D eigenvalue weighted by atomic mass is 32.2. The predicted molar refractivity (Wildman–Crippen MR) is 73.9 cm³/mol. The van der Waals surface area contributed by atoms with Crippen LogP contribution in [0.25, 0.3) is 0 Å². The van der Waals surface area contributed by atoms with Gasteiger partial charge in [-0.05, 0) is 24.5 Å². The summed E-state index contributed by atoms with van der Waals surface area (Å²) in [7, 11) is 0. The Labute approximate surface area is 112 Å². The minimum atomic E-state index is 0.0107. The van der Waals surface area contributed by atoms with E-state index < -0.39 is 0 Å². The molecule has 1 aromatic carbocycles. The van der Waals surface area contributed by atoms with Gasteiger partial charge in [0.1, 0.15) is 0 Å². The lowest BCUT2D eigenvalue weighted by molar-refractivity contribution is -0.124. The van der Waals surface area contributed by atoms with E-state index in [1.54, 1.807) is 0 Å². The molecule has 2 aliphatic heterocycles. The first kappa shape index (κ1) is 12.1. The fraction of sp³-hybridized carbons (Fsp3) is 0.500. The van der Waals surface area contributed by atoms with Gasteiger partial charge in [0, 0.05) is 29.7 Å². The maximum absolute atomic E-state index is 11.7. The predicted octanol–water partition coefficient (Wildman–Crippen LogP) is 1.74. The van der Waals surface area contributed by atoms with Crippen molar-refractivity contribution < 1.29 is 4.79 Å². The van der Waals surface area contributed by atoms with Crippen molar-refractivity contribution >= 4 is 17.7 Å². The Balaban J connectivity index is 1.60. The first-order valence-corrected chi connectivity index (χ1v) is 7.56. The molecule has 0 bridgehead atoms. The molecule has 1 saturated heterocycles. The number of nitrogens with one attached hydrogen (secondary N) is 2. The maximum Gasteiger partial charge on any atom is 0.237 e. The highest BCUT2D eigenvalue weighted by Crippen LogP contribution is 2.38. The van der Waals surface area contributed by atoms with Crippen LogP contribution in [0.15, 0.2) is 29.2 Å². The van der Waals surface area contributed by atoms with E-state index in [2.05, 4.69) is 34.9 Å². The highest BCUT2D eigenvalue weighted by molar-refractivity contribution is 7.99. The van der Waals surface area contributed by atoms with E-state index in [9.17, 15) is 4.79 Å². The summed E-state index contributed by atoms with van der Waals surface area (Å²) >= 11 is 1.92. The number of thioether (sulfide) groups is 1. The number of amides is 1. The third kappa shape index (κ3) is 2.40. The lowest BCUT2D eigenvalue weighted by atomic mass is 10.00. The average Bonchev–Trinajstić information content (AvgIpc) is 2.81. The van der Waals surface area contributed by atoms with E-state index in [0.717, 1.165) is 31.7 Å². The average molecular weight is 262 g/mol. The summed E-state index contributed by atoms with van der Waals surface area (Å²) in [5, 5.41) is 6.35. The van der Waals surface area contributed by atoms with Gasteiger partial charge in [-0.3, -0.25) is 4.79 Å². The Hall–Kier alpha value is -1.00. The SMILES string of the molecule is O=C1NCCCC1NCC1CSc2ccccc21. The molecule has 0 aliphatic carbocycles. The van der Waals surface area contributed by atoms with Crippen molar-refractivity contribution in [3.8, 4) is 0 Å². The van der Waals surface area contributed by atoms with E-state index in [4.69, 9.17) is 0 Å². The molecule has 0 saturated carbocycles. The Morgan fingerprint density at radius 2 is 2.28 bits per heavy atom. The van der Waals surface area contributed by atoms with Crippen molar-refractivity contribution in [1.82, 2.24) is 10.6 Å². The van der Waals surface area contributed by atoms with Crippen LogP contribution >= 0.6 is 11.8 Å². The molecule has 1 amide bonds. The molecule has 0 radical (unpaired) electrons. The summed E-state index contributed by atoms with van der Waals surface area (Å²) in [6, 6.07) is 8.61. The number of rotatable bonds is 3. The van der Waals surface area contributed by atoms with Crippen LogP contribution in [0.1, 0.15) is 24.3 Å².